The molecule has 0 fully saturated rings. The van der Waals surface area contributed by atoms with Gasteiger partial charge in [0, 0.05) is 23.3 Å². The third kappa shape index (κ3) is 3.50. The van der Waals surface area contributed by atoms with Crippen LogP contribution in [0.4, 0.5) is 0 Å². The van der Waals surface area contributed by atoms with Gasteiger partial charge >= 0.3 is 0 Å². The van der Waals surface area contributed by atoms with Crippen LogP contribution < -0.4 is 0 Å². The Kier molecular flexibility index (Phi) is 4.86. The van der Waals surface area contributed by atoms with Gasteiger partial charge in [-0.3, -0.25) is 4.68 Å². The van der Waals surface area contributed by atoms with Crippen molar-refractivity contribution in [3.05, 3.63) is 60.8 Å². The van der Waals surface area contributed by atoms with Crippen molar-refractivity contribution in [3.8, 4) is 17.3 Å². The van der Waals surface area contributed by atoms with Crippen molar-refractivity contribution in [3.63, 3.8) is 0 Å². The molecular formula is C20H18N6O2S. The van der Waals surface area contributed by atoms with Gasteiger partial charge in [0.2, 0.25) is 0 Å². The predicted octanol–water partition coefficient (Wildman–Crippen LogP) is 3.12. The first-order valence-corrected chi connectivity index (χ1v) is 10.7. The van der Waals surface area contributed by atoms with E-state index in [1.165, 1.54) is 6.33 Å². The summed E-state index contributed by atoms with van der Waals surface area (Å²) in [5.41, 5.74) is 2.97. The topological polar surface area (TPSA) is 117 Å². The molecule has 0 saturated carbocycles. The maximum absolute atomic E-state index is 12.3. The minimum atomic E-state index is -3.34. The van der Waals surface area contributed by atoms with Gasteiger partial charge in [-0.2, -0.15) is 10.4 Å². The molecule has 0 saturated heterocycles. The maximum atomic E-state index is 12.3. The highest BCUT2D eigenvalue weighted by Crippen LogP contribution is 2.28. The molecule has 1 aromatic carbocycles. The van der Waals surface area contributed by atoms with E-state index in [4.69, 9.17) is 0 Å². The number of nitrogens with one attached hydrogen (secondary N) is 1. The Bertz CT molecular complexity index is 1320. The van der Waals surface area contributed by atoms with Crippen LogP contribution in [-0.2, 0) is 9.84 Å². The van der Waals surface area contributed by atoms with Crippen LogP contribution in [0.3, 0.4) is 0 Å². The van der Waals surface area contributed by atoms with Crippen LogP contribution in [0.5, 0.6) is 0 Å². The smallest absolute Gasteiger partial charge is 0.178 e. The normalized spacial score (nSPS) is 12.7. The molecule has 3 aromatic heterocycles. The molecule has 0 bridgehead atoms. The zero-order valence-electron chi connectivity index (χ0n) is 15.6. The fourth-order valence-corrected chi connectivity index (χ4v) is 4.20. The summed E-state index contributed by atoms with van der Waals surface area (Å²) in [6, 6.07) is 10.4. The van der Waals surface area contributed by atoms with E-state index in [1.807, 2.05) is 18.3 Å². The van der Waals surface area contributed by atoms with Crippen LogP contribution in [0.15, 0.2) is 60.1 Å². The third-order valence-corrected chi connectivity index (χ3v) is 6.55. The van der Waals surface area contributed by atoms with Gasteiger partial charge in [-0.1, -0.05) is 19.1 Å². The molecule has 1 atom stereocenters. The molecule has 0 radical (unpaired) electrons. The monoisotopic (exact) mass is 406 g/mol. The Morgan fingerprint density at radius 3 is 2.93 bits per heavy atom. The lowest BCUT2D eigenvalue weighted by Gasteiger charge is -2.16. The van der Waals surface area contributed by atoms with Crippen molar-refractivity contribution in [2.24, 2.45) is 0 Å². The molecule has 9 heteroatoms. The summed E-state index contributed by atoms with van der Waals surface area (Å²) in [5.74, 6) is 0.0195. The van der Waals surface area contributed by atoms with Crippen LogP contribution in [0.25, 0.3) is 22.3 Å². The molecule has 0 unspecified atom stereocenters. The molecule has 0 amide bonds. The maximum Gasteiger partial charge on any atom is 0.178 e. The Morgan fingerprint density at radius 2 is 2.14 bits per heavy atom. The summed E-state index contributed by atoms with van der Waals surface area (Å²) in [5, 5.41) is 14.6. The number of fused-ring (bicyclic) bond motifs is 1. The van der Waals surface area contributed by atoms with Crippen molar-refractivity contribution in [1.82, 2.24) is 24.7 Å². The van der Waals surface area contributed by atoms with Crippen LogP contribution in [0.2, 0.25) is 0 Å². The summed E-state index contributed by atoms with van der Waals surface area (Å²) in [6.07, 6.45) is 6.94. The van der Waals surface area contributed by atoms with E-state index in [0.717, 1.165) is 22.3 Å². The summed E-state index contributed by atoms with van der Waals surface area (Å²) in [7, 11) is -3.34. The average molecular weight is 406 g/mol. The van der Waals surface area contributed by atoms with Crippen molar-refractivity contribution < 1.29 is 8.42 Å². The van der Waals surface area contributed by atoms with Crippen molar-refractivity contribution in [2.45, 2.75) is 24.3 Å². The van der Waals surface area contributed by atoms with E-state index in [1.54, 1.807) is 42.2 Å². The number of hydrogen-bond donors (Lipinski definition) is 1. The number of sulfone groups is 1. The zero-order chi connectivity index (χ0) is 20.4. The van der Waals surface area contributed by atoms with E-state index >= 15 is 0 Å². The van der Waals surface area contributed by atoms with Gasteiger partial charge in [-0.05, 0) is 23.8 Å². The average Bonchev–Trinajstić information content (AvgIpc) is 3.41. The zero-order valence-corrected chi connectivity index (χ0v) is 16.5. The molecule has 0 spiro atoms. The fraction of sp³-hybridized carbons (Fsp3) is 0.200. The van der Waals surface area contributed by atoms with Crippen molar-refractivity contribution in [1.29, 1.82) is 5.26 Å². The van der Waals surface area contributed by atoms with Gasteiger partial charge in [0.25, 0.3) is 0 Å². The van der Waals surface area contributed by atoms with Gasteiger partial charge < -0.3 is 4.98 Å². The second-order valence-corrected chi connectivity index (χ2v) is 8.80. The number of hydrogen-bond acceptors (Lipinski definition) is 6. The lowest BCUT2D eigenvalue weighted by molar-refractivity contribution is 0.531. The second kappa shape index (κ2) is 7.48. The van der Waals surface area contributed by atoms with E-state index in [0.29, 0.717) is 5.56 Å². The van der Waals surface area contributed by atoms with E-state index in [-0.39, 0.29) is 17.1 Å². The van der Waals surface area contributed by atoms with E-state index in [9.17, 15) is 13.7 Å². The molecular weight excluding hydrogens is 388 g/mol. The molecule has 0 aliphatic rings. The molecule has 8 nitrogen and oxygen atoms in total. The SMILES string of the molecule is CCS(=O)(=O)c1cccc([C@@H](CC#N)n2cc(-c3ncnc4[nH]ccc34)cn2)c1. The second-order valence-electron chi connectivity index (χ2n) is 6.53. The highest BCUT2D eigenvalue weighted by atomic mass is 32.2. The first kappa shape index (κ1) is 18.8. The van der Waals surface area contributed by atoms with Crippen molar-refractivity contribution in [2.75, 3.05) is 5.75 Å². The number of nitriles is 1. The minimum absolute atomic E-state index is 0.0195. The van der Waals surface area contributed by atoms with Gasteiger partial charge in [0.05, 0.1) is 41.1 Å². The highest BCUT2D eigenvalue weighted by Gasteiger charge is 2.19. The molecule has 1 N–H and O–H groups in total. The van der Waals surface area contributed by atoms with E-state index < -0.39 is 15.9 Å². The summed E-state index contributed by atoms with van der Waals surface area (Å²) < 4.78 is 26.2. The van der Waals surface area contributed by atoms with Gasteiger partial charge in [0.1, 0.15) is 12.0 Å². The molecule has 0 aliphatic heterocycles. The Hall–Kier alpha value is -3.51. The first-order chi connectivity index (χ1) is 14.0. The standard InChI is InChI=1S/C20H18N6O2S/c1-2-29(27,28)16-5-3-4-14(10-16)18(6-8-21)26-12-15(11-25-26)19-17-7-9-22-20(17)24-13-23-19/h3-5,7,9-13,18H,2,6H2,1H3,(H,22,23,24)/t18-/m1/s1. The van der Waals surface area contributed by atoms with Crippen LogP contribution in [-0.4, -0.2) is 38.9 Å². The first-order valence-electron chi connectivity index (χ1n) is 9.05. The van der Waals surface area contributed by atoms with Gasteiger partial charge in [-0.25, -0.2) is 18.4 Å². The lowest BCUT2D eigenvalue weighted by Crippen LogP contribution is -2.12. The molecule has 3 heterocycles. The molecule has 146 valence electrons. The van der Waals surface area contributed by atoms with Gasteiger partial charge in [-0.15, -0.1) is 0 Å². The highest BCUT2D eigenvalue weighted by molar-refractivity contribution is 7.91. The summed E-state index contributed by atoms with van der Waals surface area (Å²) in [4.78, 5) is 11.9. The van der Waals surface area contributed by atoms with Crippen LogP contribution >= 0.6 is 0 Å². The Morgan fingerprint density at radius 1 is 1.28 bits per heavy atom. The summed E-state index contributed by atoms with van der Waals surface area (Å²) >= 11 is 0. The van der Waals surface area contributed by atoms with Gasteiger partial charge in [0.15, 0.2) is 9.84 Å². The molecule has 0 aliphatic carbocycles. The van der Waals surface area contributed by atoms with E-state index in [2.05, 4.69) is 26.1 Å². The number of H-pyrrole nitrogens is 1. The third-order valence-electron chi connectivity index (χ3n) is 4.81. The number of aromatic amines is 1. The molecule has 4 rings (SSSR count). The number of rotatable bonds is 6. The molecule has 29 heavy (non-hydrogen) atoms. The number of nitrogens with zero attached hydrogens (tertiary/aromatic N) is 5. The quantitative estimate of drug-likeness (QED) is 0.526. The van der Waals surface area contributed by atoms with Crippen molar-refractivity contribution >= 4 is 20.9 Å². The predicted molar refractivity (Wildman–Crippen MR) is 108 cm³/mol. The fourth-order valence-electron chi connectivity index (χ4n) is 3.27. The van der Waals surface area contributed by atoms with Crippen LogP contribution in [0, 0.1) is 11.3 Å². The lowest BCUT2D eigenvalue weighted by atomic mass is 10.0. The minimum Gasteiger partial charge on any atom is -0.346 e. The molecule has 4 aromatic rings. The Labute approximate surface area is 167 Å². The summed E-state index contributed by atoms with van der Waals surface area (Å²) in [6.45, 7) is 1.61. The largest absolute Gasteiger partial charge is 0.346 e. The Balaban J connectivity index is 1.76. The number of aromatic nitrogens is 5. The van der Waals surface area contributed by atoms with Crippen LogP contribution in [0.1, 0.15) is 24.9 Å². The number of benzene rings is 1.